The minimum atomic E-state index is -0.554. The van der Waals surface area contributed by atoms with Crippen LogP contribution in [0.4, 0.5) is 0 Å². The first-order chi connectivity index (χ1) is 18.8. The van der Waals surface area contributed by atoms with Crippen LogP contribution in [0, 0.1) is 5.92 Å². The number of unbranched alkanes of at least 4 members (excludes halogenated alkanes) is 2. The summed E-state index contributed by atoms with van der Waals surface area (Å²) in [5.74, 6) is 1.16. The summed E-state index contributed by atoms with van der Waals surface area (Å²) in [6.07, 6.45) is 10.3. The maximum Gasteiger partial charge on any atom is 0.163 e. The van der Waals surface area contributed by atoms with E-state index in [4.69, 9.17) is 14.5 Å². The second-order valence-electron chi connectivity index (χ2n) is 11.2. The smallest absolute Gasteiger partial charge is 0.163 e. The summed E-state index contributed by atoms with van der Waals surface area (Å²) in [4.78, 5) is 19.3. The van der Waals surface area contributed by atoms with Crippen molar-refractivity contribution in [1.82, 2.24) is 4.90 Å². The third-order valence-electron chi connectivity index (χ3n) is 7.45. The number of aryl methyl sites for hydroxylation is 1. The quantitative estimate of drug-likeness (QED) is 0.199. The number of carbonyl (C=O) groups is 1. The van der Waals surface area contributed by atoms with Gasteiger partial charge in [-0.25, -0.2) is 0 Å². The SMILES string of the molecule is CCCCCC(O)CC(=O)CCc1ccc(O)c(OCN2CC3=NC=C(CCCOC)C3=C2CCC(C)C)c1. The van der Waals surface area contributed by atoms with E-state index in [9.17, 15) is 15.0 Å². The van der Waals surface area contributed by atoms with Gasteiger partial charge in [-0.1, -0.05) is 46.1 Å². The Morgan fingerprint density at radius 3 is 2.69 bits per heavy atom. The van der Waals surface area contributed by atoms with Gasteiger partial charge in [0, 0.05) is 44.0 Å². The van der Waals surface area contributed by atoms with Crippen molar-refractivity contribution in [3.63, 3.8) is 0 Å². The van der Waals surface area contributed by atoms with Gasteiger partial charge in [-0.2, -0.15) is 0 Å². The molecule has 1 atom stereocenters. The fraction of sp³-hybridized carbons (Fsp3) is 0.625. The predicted octanol–water partition coefficient (Wildman–Crippen LogP) is 6.33. The van der Waals surface area contributed by atoms with Crippen molar-refractivity contribution in [2.24, 2.45) is 10.9 Å². The van der Waals surface area contributed by atoms with E-state index in [1.807, 2.05) is 18.3 Å². The zero-order valence-corrected chi connectivity index (χ0v) is 24.4. The van der Waals surface area contributed by atoms with Crippen molar-refractivity contribution in [3.8, 4) is 11.5 Å². The van der Waals surface area contributed by atoms with Gasteiger partial charge in [-0.05, 0) is 67.7 Å². The number of rotatable bonds is 19. The average Bonchev–Trinajstić information content (AvgIpc) is 3.45. The van der Waals surface area contributed by atoms with E-state index in [0.717, 1.165) is 62.8 Å². The maximum absolute atomic E-state index is 12.4. The molecule has 0 fully saturated rings. The van der Waals surface area contributed by atoms with E-state index in [1.54, 1.807) is 13.2 Å². The molecule has 2 aliphatic rings. The van der Waals surface area contributed by atoms with Gasteiger partial charge >= 0.3 is 0 Å². The van der Waals surface area contributed by atoms with Crippen LogP contribution in [0.2, 0.25) is 0 Å². The molecule has 39 heavy (non-hydrogen) atoms. The molecule has 1 aromatic rings. The molecular weight excluding hydrogens is 492 g/mol. The van der Waals surface area contributed by atoms with Gasteiger partial charge in [0.1, 0.15) is 5.78 Å². The van der Waals surface area contributed by atoms with Crippen molar-refractivity contribution < 1.29 is 24.5 Å². The van der Waals surface area contributed by atoms with Gasteiger partial charge in [0.05, 0.1) is 18.4 Å². The molecule has 3 rings (SSSR count). The first-order valence-corrected chi connectivity index (χ1v) is 14.7. The fourth-order valence-corrected chi connectivity index (χ4v) is 5.16. The van der Waals surface area contributed by atoms with Gasteiger partial charge < -0.3 is 24.6 Å². The maximum atomic E-state index is 12.4. The summed E-state index contributed by atoms with van der Waals surface area (Å²) in [5, 5.41) is 20.6. The zero-order chi connectivity index (χ0) is 28.2. The highest BCUT2D eigenvalue weighted by molar-refractivity contribution is 6.10. The fourth-order valence-electron chi connectivity index (χ4n) is 5.16. The molecule has 1 aromatic carbocycles. The Hall–Kier alpha value is -2.64. The Labute approximate surface area is 234 Å². The summed E-state index contributed by atoms with van der Waals surface area (Å²) in [7, 11) is 1.73. The Bertz CT molecular complexity index is 1040. The lowest BCUT2D eigenvalue weighted by Gasteiger charge is -2.24. The number of ether oxygens (including phenoxy) is 2. The highest BCUT2D eigenvalue weighted by Crippen LogP contribution is 2.37. The largest absolute Gasteiger partial charge is 0.504 e. The predicted molar refractivity (Wildman–Crippen MR) is 156 cm³/mol. The number of hydrogen-bond acceptors (Lipinski definition) is 7. The number of ketones is 1. The average molecular weight is 541 g/mol. The first-order valence-electron chi connectivity index (χ1n) is 14.7. The molecule has 7 nitrogen and oxygen atoms in total. The number of phenolic OH excluding ortho intramolecular Hbond substituents is 1. The lowest BCUT2D eigenvalue weighted by atomic mass is 9.97. The van der Waals surface area contributed by atoms with Gasteiger partial charge in [0.25, 0.3) is 0 Å². The molecule has 2 heterocycles. The van der Waals surface area contributed by atoms with Crippen LogP contribution < -0.4 is 4.74 Å². The number of methoxy groups -OCH3 is 1. The molecule has 0 radical (unpaired) electrons. The van der Waals surface area contributed by atoms with Crippen molar-refractivity contribution in [1.29, 1.82) is 0 Å². The second kappa shape index (κ2) is 15.8. The third-order valence-corrected chi connectivity index (χ3v) is 7.45. The summed E-state index contributed by atoms with van der Waals surface area (Å²) in [6.45, 7) is 8.35. The molecule has 0 saturated carbocycles. The van der Waals surface area contributed by atoms with Crippen LogP contribution in [0.25, 0.3) is 0 Å². The van der Waals surface area contributed by atoms with Crippen LogP contribution in [0.3, 0.4) is 0 Å². The molecule has 216 valence electrons. The Balaban J connectivity index is 1.60. The number of Topliss-reactive ketones (excluding diaryl/α,β-unsaturated/α-hetero) is 1. The molecule has 2 N–H and O–H groups in total. The van der Waals surface area contributed by atoms with Crippen molar-refractivity contribution in [2.75, 3.05) is 27.0 Å². The minimum Gasteiger partial charge on any atom is -0.504 e. The number of phenols is 1. The highest BCUT2D eigenvalue weighted by atomic mass is 16.5. The number of fused-ring (bicyclic) bond motifs is 1. The van der Waals surface area contributed by atoms with E-state index in [-0.39, 0.29) is 18.0 Å². The van der Waals surface area contributed by atoms with E-state index in [2.05, 4.69) is 25.7 Å². The lowest BCUT2D eigenvalue weighted by molar-refractivity contribution is -0.121. The number of allylic oxidation sites excluding steroid dienone is 2. The lowest BCUT2D eigenvalue weighted by Crippen LogP contribution is -2.27. The molecule has 0 bridgehead atoms. The van der Waals surface area contributed by atoms with E-state index in [1.165, 1.54) is 16.8 Å². The monoisotopic (exact) mass is 540 g/mol. The Morgan fingerprint density at radius 1 is 1.13 bits per heavy atom. The van der Waals surface area contributed by atoms with E-state index >= 15 is 0 Å². The summed E-state index contributed by atoms with van der Waals surface area (Å²) in [5.41, 5.74) is 5.83. The summed E-state index contributed by atoms with van der Waals surface area (Å²) < 4.78 is 11.4. The van der Waals surface area contributed by atoms with Gasteiger partial charge in [0.2, 0.25) is 0 Å². The number of hydrogen-bond donors (Lipinski definition) is 2. The molecule has 7 heteroatoms. The summed E-state index contributed by atoms with van der Waals surface area (Å²) in [6, 6.07) is 5.29. The number of aliphatic hydroxyl groups is 1. The standard InChI is InChI=1S/C32H48N2O5/c1-5-6-7-10-26(35)19-27(36)14-12-24-13-16-30(37)31(18-24)39-22-34-21-28-32(29(34)15-11-23(2)3)25(20-33-28)9-8-17-38-4/h13,16,18,20,23,26,35,37H,5-12,14-15,17,19,21-22H2,1-4H3. The normalized spacial score (nSPS) is 15.6. The third kappa shape index (κ3) is 9.50. The molecule has 0 aliphatic carbocycles. The molecule has 2 aliphatic heterocycles. The topological polar surface area (TPSA) is 91.6 Å². The molecule has 0 spiro atoms. The van der Waals surface area contributed by atoms with Gasteiger partial charge in [-0.3, -0.25) is 9.79 Å². The van der Waals surface area contributed by atoms with Crippen LogP contribution in [-0.4, -0.2) is 59.7 Å². The van der Waals surface area contributed by atoms with Crippen molar-refractivity contribution in [2.45, 2.75) is 97.5 Å². The molecule has 1 unspecified atom stereocenters. The van der Waals surface area contributed by atoms with Crippen LogP contribution >= 0.6 is 0 Å². The van der Waals surface area contributed by atoms with Crippen LogP contribution in [-0.2, 0) is 16.0 Å². The van der Waals surface area contributed by atoms with Crippen LogP contribution in [0.5, 0.6) is 11.5 Å². The number of aliphatic hydroxyl groups excluding tert-OH is 1. The van der Waals surface area contributed by atoms with Crippen molar-refractivity contribution >= 4 is 11.5 Å². The second-order valence-corrected chi connectivity index (χ2v) is 11.2. The van der Waals surface area contributed by atoms with Gasteiger partial charge in [-0.15, -0.1) is 0 Å². The number of nitrogens with zero attached hydrogens (tertiary/aromatic N) is 2. The molecule has 0 saturated heterocycles. The molecule has 0 amide bonds. The van der Waals surface area contributed by atoms with E-state index in [0.29, 0.717) is 44.2 Å². The molecule has 0 aromatic heterocycles. The number of aliphatic imine (C=N–C) groups is 1. The Kier molecular flexibility index (Phi) is 12.5. The van der Waals surface area contributed by atoms with Gasteiger partial charge in [0.15, 0.2) is 18.2 Å². The van der Waals surface area contributed by atoms with E-state index < -0.39 is 6.10 Å². The van der Waals surface area contributed by atoms with Crippen LogP contribution in [0.1, 0.15) is 90.5 Å². The van der Waals surface area contributed by atoms with Crippen molar-refractivity contribution in [3.05, 3.63) is 46.8 Å². The highest BCUT2D eigenvalue weighted by Gasteiger charge is 2.32. The minimum absolute atomic E-state index is 0.0645. The Morgan fingerprint density at radius 2 is 1.95 bits per heavy atom. The number of carbonyl (C=O) groups excluding carboxylic acids is 1. The zero-order valence-electron chi connectivity index (χ0n) is 24.4. The number of aromatic hydroxyl groups is 1. The molecular formula is C32H48N2O5. The first kappa shape index (κ1) is 30.9. The summed E-state index contributed by atoms with van der Waals surface area (Å²) >= 11 is 0. The van der Waals surface area contributed by atoms with Crippen LogP contribution in [0.15, 0.2) is 46.2 Å². The number of benzene rings is 1.